The summed E-state index contributed by atoms with van der Waals surface area (Å²) in [5.41, 5.74) is 0. The Bertz CT molecular complexity index is 340. The molecule has 9 heteroatoms. The standard InChI is InChI=1S/C10H16O9/c1-2-4(12)10(18)19-8(9(16)17)7(15)6(14)5(13)3-11/h5-8,11,13-15H,2-3H2,1H3,(H,16,17)/t5-,6-,7+,8-/m1/s1. The van der Waals surface area contributed by atoms with Crippen LogP contribution in [-0.2, 0) is 19.1 Å². The number of Topliss-reactive ketones (excluding diaryl/α,β-unsaturated/α-hetero) is 1. The molecule has 0 aliphatic carbocycles. The Kier molecular flexibility index (Phi) is 7.16. The molecule has 0 spiro atoms. The van der Waals surface area contributed by atoms with Crippen LogP contribution in [0.5, 0.6) is 0 Å². The van der Waals surface area contributed by atoms with Gasteiger partial charge in [-0.15, -0.1) is 0 Å². The molecule has 0 saturated heterocycles. The van der Waals surface area contributed by atoms with Crippen LogP contribution in [0.3, 0.4) is 0 Å². The van der Waals surface area contributed by atoms with Gasteiger partial charge in [-0.25, -0.2) is 9.59 Å². The third kappa shape index (κ3) is 4.91. The van der Waals surface area contributed by atoms with Crippen LogP contribution >= 0.6 is 0 Å². The summed E-state index contributed by atoms with van der Waals surface area (Å²) in [4.78, 5) is 32.9. The van der Waals surface area contributed by atoms with Crippen LogP contribution in [0.4, 0.5) is 0 Å². The normalized spacial score (nSPS) is 17.1. The molecule has 0 radical (unpaired) electrons. The SMILES string of the molecule is CCC(=O)C(=O)O[C@@H](C(=O)O)[C@@H](O)[C@H](O)[C@H](O)CO. The number of carbonyl (C=O) groups excluding carboxylic acids is 2. The maximum absolute atomic E-state index is 11.1. The summed E-state index contributed by atoms with van der Waals surface area (Å²) in [7, 11) is 0. The highest BCUT2D eigenvalue weighted by atomic mass is 16.6. The molecule has 5 N–H and O–H groups in total. The fourth-order valence-electron chi connectivity index (χ4n) is 1.11. The van der Waals surface area contributed by atoms with Gasteiger partial charge in [-0.1, -0.05) is 6.92 Å². The molecule has 9 nitrogen and oxygen atoms in total. The predicted octanol–water partition coefficient (Wildman–Crippen LogP) is -2.96. The number of carboxylic acids is 1. The fraction of sp³-hybridized carbons (Fsp3) is 0.700. The van der Waals surface area contributed by atoms with Gasteiger partial charge in [0.1, 0.15) is 18.3 Å². The first kappa shape index (κ1) is 17.4. The lowest BCUT2D eigenvalue weighted by Gasteiger charge is -2.25. The maximum atomic E-state index is 11.1. The molecule has 0 unspecified atom stereocenters. The topological polar surface area (TPSA) is 162 Å². The number of ether oxygens (including phenoxy) is 1. The Labute approximate surface area is 108 Å². The smallest absolute Gasteiger partial charge is 0.375 e. The van der Waals surface area contributed by atoms with Crippen molar-refractivity contribution in [2.75, 3.05) is 6.61 Å². The molecule has 0 rings (SSSR count). The molecule has 0 aromatic rings. The number of ketones is 1. The van der Waals surface area contributed by atoms with Gasteiger partial charge >= 0.3 is 11.9 Å². The van der Waals surface area contributed by atoms with Gasteiger partial charge < -0.3 is 30.3 Å². The lowest BCUT2D eigenvalue weighted by atomic mass is 10.0. The number of aliphatic hydroxyl groups is 4. The molecule has 19 heavy (non-hydrogen) atoms. The van der Waals surface area contributed by atoms with E-state index < -0.39 is 48.7 Å². The van der Waals surface area contributed by atoms with E-state index in [-0.39, 0.29) is 6.42 Å². The van der Waals surface area contributed by atoms with E-state index in [9.17, 15) is 24.6 Å². The van der Waals surface area contributed by atoms with E-state index in [2.05, 4.69) is 4.74 Å². The van der Waals surface area contributed by atoms with E-state index in [1.165, 1.54) is 6.92 Å². The van der Waals surface area contributed by atoms with Crippen molar-refractivity contribution in [2.24, 2.45) is 0 Å². The Hall–Kier alpha value is -1.55. The molecule has 0 aromatic heterocycles. The Morgan fingerprint density at radius 1 is 1.11 bits per heavy atom. The van der Waals surface area contributed by atoms with Gasteiger partial charge in [-0.2, -0.15) is 0 Å². The van der Waals surface area contributed by atoms with Crippen LogP contribution in [0.1, 0.15) is 13.3 Å². The molecule has 0 aliphatic heterocycles. The first-order chi connectivity index (χ1) is 8.76. The van der Waals surface area contributed by atoms with Crippen molar-refractivity contribution in [1.29, 1.82) is 0 Å². The summed E-state index contributed by atoms with van der Waals surface area (Å²) in [6.07, 6.45) is -8.54. The monoisotopic (exact) mass is 280 g/mol. The largest absolute Gasteiger partial charge is 0.478 e. The molecule has 0 aliphatic rings. The van der Waals surface area contributed by atoms with Gasteiger partial charge in [0, 0.05) is 6.42 Å². The number of hydrogen-bond donors (Lipinski definition) is 5. The quantitative estimate of drug-likeness (QED) is 0.231. The number of aliphatic carboxylic acids is 1. The van der Waals surface area contributed by atoms with Crippen molar-refractivity contribution in [3.8, 4) is 0 Å². The molecular weight excluding hydrogens is 264 g/mol. The van der Waals surface area contributed by atoms with Gasteiger partial charge in [0.2, 0.25) is 11.9 Å². The van der Waals surface area contributed by atoms with E-state index in [0.717, 1.165) is 0 Å². The molecule has 0 bridgehead atoms. The zero-order valence-electron chi connectivity index (χ0n) is 10.1. The zero-order chi connectivity index (χ0) is 15.2. The highest BCUT2D eigenvalue weighted by Gasteiger charge is 2.39. The summed E-state index contributed by atoms with van der Waals surface area (Å²) in [5.74, 6) is -4.29. The van der Waals surface area contributed by atoms with Crippen LogP contribution in [0.25, 0.3) is 0 Å². The van der Waals surface area contributed by atoms with Crippen LogP contribution in [-0.4, -0.2) is 74.3 Å². The van der Waals surface area contributed by atoms with E-state index in [0.29, 0.717) is 0 Å². The van der Waals surface area contributed by atoms with Gasteiger partial charge in [-0.3, -0.25) is 4.79 Å². The summed E-state index contributed by atoms with van der Waals surface area (Å²) in [5, 5.41) is 45.1. The van der Waals surface area contributed by atoms with Gasteiger partial charge in [0.15, 0.2) is 0 Å². The fourth-order valence-corrected chi connectivity index (χ4v) is 1.11. The first-order valence-electron chi connectivity index (χ1n) is 5.37. The molecule has 0 fully saturated rings. The number of aliphatic hydroxyl groups excluding tert-OH is 4. The van der Waals surface area contributed by atoms with Crippen molar-refractivity contribution in [3.63, 3.8) is 0 Å². The number of carbonyl (C=O) groups is 3. The van der Waals surface area contributed by atoms with Crippen LogP contribution < -0.4 is 0 Å². The summed E-state index contributed by atoms with van der Waals surface area (Å²) in [6.45, 7) is 0.409. The van der Waals surface area contributed by atoms with Gasteiger partial charge in [0.25, 0.3) is 0 Å². The number of carboxylic acid groups (broad SMARTS) is 1. The predicted molar refractivity (Wildman–Crippen MR) is 57.9 cm³/mol. The number of rotatable bonds is 8. The molecule has 0 saturated carbocycles. The van der Waals surface area contributed by atoms with Crippen molar-refractivity contribution in [1.82, 2.24) is 0 Å². The summed E-state index contributed by atoms with van der Waals surface area (Å²) in [6, 6.07) is 0. The third-order valence-electron chi connectivity index (χ3n) is 2.27. The molecule has 110 valence electrons. The molecule has 0 amide bonds. The second-order valence-electron chi connectivity index (χ2n) is 3.67. The van der Waals surface area contributed by atoms with Gasteiger partial charge in [0.05, 0.1) is 6.61 Å². The average molecular weight is 280 g/mol. The van der Waals surface area contributed by atoms with E-state index in [4.69, 9.17) is 15.3 Å². The van der Waals surface area contributed by atoms with Gasteiger partial charge in [-0.05, 0) is 0 Å². The Balaban J connectivity index is 4.87. The first-order valence-corrected chi connectivity index (χ1v) is 5.37. The van der Waals surface area contributed by atoms with E-state index >= 15 is 0 Å². The van der Waals surface area contributed by atoms with Crippen molar-refractivity contribution < 1.29 is 44.7 Å². The van der Waals surface area contributed by atoms with E-state index in [1.54, 1.807) is 0 Å². The number of esters is 1. The average Bonchev–Trinajstić information content (AvgIpc) is 2.40. The molecule has 0 aromatic carbocycles. The maximum Gasteiger partial charge on any atom is 0.375 e. The Morgan fingerprint density at radius 3 is 2.00 bits per heavy atom. The minimum absolute atomic E-state index is 0.219. The van der Waals surface area contributed by atoms with Crippen molar-refractivity contribution >= 4 is 17.7 Å². The highest BCUT2D eigenvalue weighted by Crippen LogP contribution is 2.10. The van der Waals surface area contributed by atoms with Crippen molar-refractivity contribution in [2.45, 2.75) is 37.8 Å². The molecule has 0 heterocycles. The van der Waals surface area contributed by atoms with Crippen molar-refractivity contribution in [3.05, 3.63) is 0 Å². The van der Waals surface area contributed by atoms with Crippen LogP contribution in [0.15, 0.2) is 0 Å². The highest BCUT2D eigenvalue weighted by molar-refractivity contribution is 6.33. The van der Waals surface area contributed by atoms with E-state index in [1.807, 2.05) is 0 Å². The molecular formula is C10H16O9. The molecule has 4 atom stereocenters. The summed E-state index contributed by atoms with van der Waals surface area (Å²) < 4.78 is 4.25. The minimum Gasteiger partial charge on any atom is -0.478 e. The lowest BCUT2D eigenvalue weighted by molar-refractivity contribution is -0.183. The van der Waals surface area contributed by atoms with Crippen LogP contribution in [0, 0.1) is 0 Å². The second kappa shape index (κ2) is 7.79. The van der Waals surface area contributed by atoms with Crippen LogP contribution in [0.2, 0.25) is 0 Å². The number of hydrogen-bond acceptors (Lipinski definition) is 8. The second-order valence-corrected chi connectivity index (χ2v) is 3.67. The third-order valence-corrected chi connectivity index (χ3v) is 2.27. The Morgan fingerprint density at radius 2 is 1.63 bits per heavy atom. The lowest BCUT2D eigenvalue weighted by Crippen LogP contribution is -2.50. The minimum atomic E-state index is -2.24. The zero-order valence-corrected chi connectivity index (χ0v) is 10.1. The summed E-state index contributed by atoms with van der Waals surface area (Å²) >= 11 is 0.